The number of carbonyl (C=O) groups is 3. The molecule has 1 amide bonds. The first-order valence-corrected chi connectivity index (χ1v) is 13.1. The van der Waals surface area contributed by atoms with Gasteiger partial charge in [-0.3, -0.25) is 9.59 Å². The number of aliphatic hydroxyl groups is 1. The minimum atomic E-state index is -0.812. The van der Waals surface area contributed by atoms with Gasteiger partial charge in [-0.1, -0.05) is 59.8 Å². The fourth-order valence-electron chi connectivity index (χ4n) is 3.94. The van der Waals surface area contributed by atoms with Crippen molar-refractivity contribution in [2.75, 3.05) is 20.8 Å². The number of esters is 1. The molecule has 0 aromatic heterocycles. The summed E-state index contributed by atoms with van der Waals surface area (Å²) in [6, 6.07) is 18.7. The molecule has 0 saturated carbocycles. The number of methoxy groups -OCH3 is 2. The molecule has 0 aliphatic carbocycles. The van der Waals surface area contributed by atoms with Gasteiger partial charge < -0.3 is 19.3 Å². The Kier molecular flexibility index (Phi) is 8.86. The Balaban J connectivity index is 1.80. The van der Waals surface area contributed by atoms with Crippen LogP contribution in [0.1, 0.15) is 44.3 Å². The Bertz CT molecular complexity index is 1550. The number of ketones is 1. The Hall–Kier alpha value is -4.63. The molecule has 1 aliphatic rings. The largest absolute Gasteiger partial charge is 0.506 e. The summed E-state index contributed by atoms with van der Waals surface area (Å²) in [6.45, 7) is 3.60. The first-order valence-electron chi connectivity index (χ1n) is 12.3. The van der Waals surface area contributed by atoms with Crippen molar-refractivity contribution >= 4 is 40.5 Å². The van der Waals surface area contributed by atoms with E-state index in [1.54, 1.807) is 73.7 Å². The van der Waals surface area contributed by atoms with Crippen LogP contribution in [0.2, 0.25) is 0 Å². The van der Waals surface area contributed by atoms with E-state index >= 15 is 0 Å². The molecule has 8 nitrogen and oxygen atoms in total. The van der Waals surface area contributed by atoms with E-state index in [1.165, 1.54) is 14.2 Å². The van der Waals surface area contributed by atoms with E-state index in [4.69, 9.17) is 14.2 Å². The number of aliphatic imine (C=N–C) groups is 1. The van der Waals surface area contributed by atoms with E-state index < -0.39 is 17.6 Å². The van der Waals surface area contributed by atoms with Crippen LogP contribution in [0.3, 0.4) is 0 Å². The number of benzene rings is 3. The van der Waals surface area contributed by atoms with Gasteiger partial charge in [0.05, 0.1) is 31.3 Å². The molecule has 0 radical (unpaired) electrons. The lowest BCUT2D eigenvalue weighted by Gasteiger charge is -2.13. The zero-order valence-corrected chi connectivity index (χ0v) is 23.2. The lowest BCUT2D eigenvalue weighted by molar-refractivity contribution is -0.138. The number of thioether (sulfide) groups is 1. The van der Waals surface area contributed by atoms with Gasteiger partial charge in [0, 0.05) is 22.8 Å². The average molecular weight is 558 g/mol. The molecule has 1 aliphatic heterocycles. The number of ether oxygens (including phenoxy) is 3. The average Bonchev–Trinajstić information content (AvgIpc) is 3.27. The maximum atomic E-state index is 13.3. The van der Waals surface area contributed by atoms with Gasteiger partial charge in [-0.2, -0.15) is 0 Å². The Morgan fingerprint density at radius 1 is 0.925 bits per heavy atom. The summed E-state index contributed by atoms with van der Waals surface area (Å²) in [6.07, 6.45) is 1.55. The van der Waals surface area contributed by atoms with E-state index in [0.29, 0.717) is 28.2 Å². The molecule has 1 N–H and O–H groups in total. The molecule has 3 aromatic rings. The van der Waals surface area contributed by atoms with Gasteiger partial charge in [-0.15, -0.1) is 0 Å². The highest BCUT2D eigenvalue weighted by Crippen LogP contribution is 2.41. The number of amides is 1. The zero-order chi connectivity index (χ0) is 28.8. The Morgan fingerprint density at radius 3 is 2.23 bits per heavy atom. The predicted octanol–water partition coefficient (Wildman–Crippen LogP) is 5.95. The number of nitrogens with zero attached hydrogens (tertiary/aromatic N) is 1. The molecule has 0 fully saturated rings. The second kappa shape index (κ2) is 12.5. The lowest BCUT2D eigenvalue weighted by atomic mass is 9.99. The highest BCUT2D eigenvalue weighted by molar-refractivity contribution is 8.18. The summed E-state index contributed by atoms with van der Waals surface area (Å²) < 4.78 is 16.1. The topological polar surface area (TPSA) is 111 Å². The third-order valence-corrected chi connectivity index (χ3v) is 7.01. The van der Waals surface area contributed by atoms with Gasteiger partial charge in [0.15, 0.2) is 5.78 Å². The SMILES string of the molecule is CCOC(=O)C1=C(O)/C(=C/c2cc(C(=O)c3ccccc3)c(OC)cc2OC)SC1=NC(=O)c1ccc(C)cc1. The predicted molar refractivity (Wildman–Crippen MR) is 154 cm³/mol. The molecular weight excluding hydrogens is 530 g/mol. The smallest absolute Gasteiger partial charge is 0.344 e. The monoisotopic (exact) mass is 557 g/mol. The summed E-state index contributed by atoms with van der Waals surface area (Å²) in [4.78, 5) is 43.3. The summed E-state index contributed by atoms with van der Waals surface area (Å²) in [5.41, 5.74) is 2.28. The van der Waals surface area contributed by atoms with E-state index in [0.717, 1.165) is 17.3 Å². The van der Waals surface area contributed by atoms with Crippen LogP contribution in [0.15, 0.2) is 88.0 Å². The van der Waals surface area contributed by atoms with Crippen molar-refractivity contribution in [3.8, 4) is 11.5 Å². The second-order valence-corrected chi connectivity index (χ2v) is 9.66. The fraction of sp³-hybridized carbons (Fsp3) is 0.161. The molecule has 4 rings (SSSR count). The molecule has 9 heteroatoms. The Labute approximate surface area is 236 Å². The van der Waals surface area contributed by atoms with Crippen molar-refractivity contribution in [3.63, 3.8) is 0 Å². The van der Waals surface area contributed by atoms with Crippen LogP contribution in [0, 0.1) is 6.92 Å². The highest BCUT2D eigenvalue weighted by atomic mass is 32.2. The van der Waals surface area contributed by atoms with Gasteiger partial charge in [0.1, 0.15) is 27.9 Å². The van der Waals surface area contributed by atoms with Gasteiger partial charge in [-0.25, -0.2) is 9.79 Å². The number of aliphatic hydroxyl groups excluding tert-OH is 1. The number of aryl methyl sites for hydroxylation is 1. The first kappa shape index (κ1) is 28.4. The molecule has 3 aromatic carbocycles. The van der Waals surface area contributed by atoms with Crippen molar-refractivity contribution in [1.29, 1.82) is 0 Å². The maximum Gasteiger partial charge on any atom is 0.344 e. The van der Waals surface area contributed by atoms with Gasteiger partial charge in [-0.05, 0) is 38.1 Å². The summed E-state index contributed by atoms with van der Waals surface area (Å²) in [7, 11) is 2.92. The number of carbonyl (C=O) groups excluding carboxylic acids is 3. The molecular formula is C31H27NO7S. The van der Waals surface area contributed by atoms with Crippen LogP contribution in [-0.2, 0) is 9.53 Å². The molecule has 0 unspecified atom stereocenters. The second-order valence-electron chi connectivity index (χ2n) is 8.63. The lowest BCUT2D eigenvalue weighted by Crippen LogP contribution is -2.14. The van der Waals surface area contributed by atoms with Crippen molar-refractivity contribution in [2.24, 2.45) is 4.99 Å². The molecule has 0 atom stereocenters. The molecule has 204 valence electrons. The van der Waals surface area contributed by atoms with Crippen molar-refractivity contribution in [1.82, 2.24) is 0 Å². The fourth-order valence-corrected chi connectivity index (χ4v) is 4.95. The number of rotatable bonds is 8. The van der Waals surface area contributed by atoms with E-state index in [2.05, 4.69) is 4.99 Å². The molecule has 1 heterocycles. The molecule has 0 saturated heterocycles. The number of hydrogen-bond acceptors (Lipinski definition) is 8. The van der Waals surface area contributed by atoms with Gasteiger partial charge in [0.2, 0.25) is 0 Å². The summed E-state index contributed by atoms with van der Waals surface area (Å²) in [5.74, 6) is -1.38. The van der Waals surface area contributed by atoms with E-state index in [1.807, 2.05) is 13.0 Å². The zero-order valence-electron chi connectivity index (χ0n) is 22.4. The maximum absolute atomic E-state index is 13.3. The van der Waals surface area contributed by atoms with Crippen molar-refractivity contribution < 1.29 is 33.7 Å². The quantitative estimate of drug-likeness (QED) is 0.267. The standard InChI is InChI=1S/C31H27NO7S/c1-5-39-31(36)26-28(34)25(40-30(26)32-29(35)20-13-11-18(2)12-14-20)16-21-15-22(24(38-4)17-23(21)37-3)27(33)19-9-7-6-8-10-19/h6-17,34H,5H2,1-4H3/b25-16-,32-30?. The van der Waals surface area contributed by atoms with Crippen molar-refractivity contribution in [2.45, 2.75) is 13.8 Å². The van der Waals surface area contributed by atoms with Crippen LogP contribution in [0.5, 0.6) is 11.5 Å². The van der Waals surface area contributed by atoms with Crippen LogP contribution in [0.25, 0.3) is 6.08 Å². The molecule has 0 bridgehead atoms. The summed E-state index contributed by atoms with van der Waals surface area (Å²) >= 11 is 0.935. The van der Waals surface area contributed by atoms with Gasteiger partial charge in [0.25, 0.3) is 5.91 Å². The van der Waals surface area contributed by atoms with Gasteiger partial charge >= 0.3 is 5.97 Å². The Morgan fingerprint density at radius 2 is 1.60 bits per heavy atom. The molecule has 40 heavy (non-hydrogen) atoms. The van der Waals surface area contributed by atoms with Crippen LogP contribution in [-0.4, -0.2) is 48.6 Å². The summed E-state index contributed by atoms with van der Waals surface area (Å²) in [5, 5.41) is 11.1. The minimum absolute atomic E-state index is 0.000777. The number of hydrogen-bond donors (Lipinski definition) is 1. The third kappa shape index (κ3) is 6.00. The van der Waals surface area contributed by atoms with Crippen molar-refractivity contribution in [3.05, 3.63) is 111 Å². The van der Waals surface area contributed by atoms with Crippen LogP contribution < -0.4 is 9.47 Å². The van der Waals surface area contributed by atoms with Crippen LogP contribution in [0.4, 0.5) is 0 Å². The molecule has 0 spiro atoms. The third-order valence-electron chi connectivity index (χ3n) is 5.99. The van der Waals surface area contributed by atoms with Crippen LogP contribution >= 0.6 is 11.8 Å². The van der Waals surface area contributed by atoms with E-state index in [9.17, 15) is 19.5 Å². The van der Waals surface area contributed by atoms with E-state index in [-0.39, 0.29) is 33.5 Å². The minimum Gasteiger partial charge on any atom is -0.506 e. The first-order chi connectivity index (χ1) is 19.3. The highest BCUT2D eigenvalue weighted by Gasteiger charge is 2.34. The normalized spacial score (nSPS) is 14.9.